The lowest BCUT2D eigenvalue weighted by molar-refractivity contribution is -0.120. The van der Waals surface area contributed by atoms with Crippen molar-refractivity contribution >= 4 is 16.9 Å². The molecule has 1 aliphatic rings. The molecule has 0 unspecified atom stereocenters. The van der Waals surface area contributed by atoms with E-state index >= 15 is 0 Å². The van der Waals surface area contributed by atoms with Crippen LogP contribution in [0.4, 0.5) is 4.39 Å². The molecule has 7 heteroatoms. The van der Waals surface area contributed by atoms with Crippen molar-refractivity contribution in [1.82, 2.24) is 25.0 Å². The number of aromatic nitrogens is 3. The third-order valence-electron chi connectivity index (χ3n) is 5.27. The highest BCUT2D eigenvalue weighted by atomic mass is 19.1. The maximum atomic E-state index is 13.7. The van der Waals surface area contributed by atoms with E-state index in [9.17, 15) is 9.18 Å². The van der Waals surface area contributed by atoms with Crippen molar-refractivity contribution < 1.29 is 9.18 Å². The average molecular weight is 381 g/mol. The molecule has 4 rings (SSSR count). The van der Waals surface area contributed by atoms with Gasteiger partial charge in [-0.25, -0.2) is 14.1 Å². The monoisotopic (exact) mass is 381 g/mol. The second kappa shape index (κ2) is 8.06. The number of amides is 1. The molecule has 2 aromatic heterocycles. The topological polar surface area (TPSA) is 63.1 Å². The standard InChI is InChI=1S/C21H24FN5O/c1-26-11-8-16(14-26)20-17-6-4-9-24-21(17)27(25-20)12-10-23-19(28)13-15-5-2-3-7-18(15)22/h2-7,9,16H,8,10-14H2,1H3,(H,23,28)/t16-/m1/s1. The Balaban J connectivity index is 1.42. The number of benzene rings is 1. The second-order valence-electron chi connectivity index (χ2n) is 7.35. The van der Waals surface area contributed by atoms with Crippen molar-refractivity contribution in [2.24, 2.45) is 0 Å². The number of nitrogens with zero attached hydrogens (tertiary/aromatic N) is 4. The Morgan fingerprint density at radius 2 is 2.14 bits per heavy atom. The molecule has 1 fully saturated rings. The molecular weight excluding hydrogens is 357 g/mol. The van der Waals surface area contributed by atoms with Gasteiger partial charge in [-0.2, -0.15) is 5.10 Å². The van der Waals surface area contributed by atoms with E-state index in [0.717, 1.165) is 36.2 Å². The Bertz CT molecular complexity index is 986. The van der Waals surface area contributed by atoms with E-state index in [4.69, 9.17) is 5.10 Å². The molecule has 0 spiro atoms. The van der Waals surface area contributed by atoms with E-state index < -0.39 is 0 Å². The predicted octanol–water partition coefficient (Wildman–Crippen LogP) is 2.35. The van der Waals surface area contributed by atoms with E-state index in [0.29, 0.717) is 24.6 Å². The van der Waals surface area contributed by atoms with Crippen molar-refractivity contribution in [3.63, 3.8) is 0 Å². The summed E-state index contributed by atoms with van der Waals surface area (Å²) in [4.78, 5) is 18.9. The lowest BCUT2D eigenvalue weighted by Gasteiger charge is -2.08. The van der Waals surface area contributed by atoms with Crippen molar-refractivity contribution in [2.45, 2.75) is 25.3 Å². The summed E-state index contributed by atoms with van der Waals surface area (Å²) in [6.45, 7) is 3.02. The fourth-order valence-electron chi connectivity index (χ4n) is 3.83. The van der Waals surface area contributed by atoms with Crippen molar-refractivity contribution in [2.75, 3.05) is 26.7 Å². The van der Waals surface area contributed by atoms with Crippen LogP contribution in [0.25, 0.3) is 11.0 Å². The van der Waals surface area contributed by atoms with Gasteiger partial charge in [-0.05, 0) is 43.8 Å². The van der Waals surface area contributed by atoms with E-state index in [-0.39, 0.29) is 18.1 Å². The highest BCUT2D eigenvalue weighted by Crippen LogP contribution is 2.30. The van der Waals surface area contributed by atoms with E-state index in [1.165, 1.54) is 6.07 Å². The Labute approximate surface area is 163 Å². The number of nitrogens with one attached hydrogen (secondary N) is 1. The molecule has 1 atom stereocenters. The van der Waals surface area contributed by atoms with Crippen LogP contribution in [0.1, 0.15) is 23.6 Å². The minimum atomic E-state index is -0.355. The van der Waals surface area contributed by atoms with Crippen LogP contribution < -0.4 is 5.32 Å². The molecule has 0 aliphatic carbocycles. The van der Waals surface area contributed by atoms with E-state index in [1.807, 2.05) is 10.7 Å². The summed E-state index contributed by atoms with van der Waals surface area (Å²) in [5, 5.41) is 8.76. The van der Waals surface area contributed by atoms with Gasteiger partial charge in [0.05, 0.1) is 18.7 Å². The van der Waals surface area contributed by atoms with Crippen LogP contribution in [0, 0.1) is 5.82 Å². The van der Waals surface area contributed by atoms with Crippen molar-refractivity contribution in [1.29, 1.82) is 0 Å². The fourth-order valence-corrected chi connectivity index (χ4v) is 3.83. The molecule has 146 valence electrons. The summed E-state index contributed by atoms with van der Waals surface area (Å²) < 4.78 is 15.6. The Kier molecular flexibility index (Phi) is 5.34. The number of likely N-dealkylation sites (N-methyl/N-ethyl adjacent to an activating group) is 1. The van der Waals surface area contributed by atoms with Gasteiger partial charge in [0.15, 0.2) is 5.65 Å². The van der Waals surface area contributed by atoms with Crippen molar-refractivity contribution in [3.8, 4) is 0 Å². The van der Waals surface area contributed by atoms with Gasteiger partial charge >= 0.3 is 0 Å². The Hall–Kier alpha value is -2.80. The molecule has 1 N–H and O–H groups in total. The number of hydrogen-bond acceptors (Lipinski definition) is 4. The third-order valence-corrected chi connectivity index (χ3v) is 5.27. The van der Waals surface area contributed by atoms with E-state index in [1.54, 1.807) is 24.4 Å². The Morgan fingerprint density at radius 3 is 2.93 bits per heavy atom. The highest BCUT2D eigenvalue weighted by molar-refractivity contribution is 5.79. The van der Waals surface area contributed by atoms with Gasteiger partial charge in [-0.15, -0.1) is 0 Å². The first kappa shape index (κ1) is 18.6. The van der Waals surface area contributed by atoms with Crippen molar-refractivity contribution in [3.05, 3.63) is 59.7 Å². The van der Waals surface area contributed by atoms with Gasteiger partial charge in [-0.3, -0.25) is 4.79 Å². The highest BCUT2D eigenvalue weighted by Gasteiger charge is 2.26. The quantitative estimate of drug-likeness (QED) is 0.712. The minimum absolute atomic E-state index is 0.0322. The number of carbonyl (C=O) groups is 1. The lowest BCUT2D eigenvalue weighted by atomic mass is 10.0. The van der Waals surface area contributed by atoms with Crippen LogP contribution in [0.15, 0.2) is 42.6 Å². The zero-order chi connectivity index (χ0) is 19.5. The summed E-state index contributed by atoms with van der Waals surface area (Å²) in [6, 6.07) is 10.3. The number of carbonyl (C=O) groups excluding carboxylic acids is 1. The fraction of sp³-hybridized carbons (Fsp3) is 0.381. The molecule has 28 heavy (non-hydrogen) atoms. The van der Waals surface area contributed by atoms with Gasteiger partial charge in [0, 0.05) is 30.6 Å². The molecule has 6 nitrogen and oxygen atoms in total. The number of rotatable bonds is 6. The number of likely N-dealkylation sites (tertiary alicyclic amines) is 1. The maximum Gasteiger partial charge on any atom is 0.224 e. The molecule has 3 aromatic rings. The summed E-state index contributed by atoms with van der Waals surface area (Å²) in [5.74, 6) is -0.146. The maximum absolute atomic E-state index is 13.7. The number of fused-ring (bicyclic) bond motifs is 1. The molecule has 1 aliphatic heterocycles. The molecule has 1 aromatic carbocycles. The third kappa shape index (κ3) is 3.89. The summed E-state index contributed by atoms with van der Waals surface area (Å²) in [7, 11) is 2.13. The molecule has 0 saturated carbocycles. The van der Waals surface area contributed by atoms with Gasteiger partial charge in [0.25, 0.3) is 0 Å². The van der Waals surface area contributed by atoms with Crippen LogP contribution in [-0.2, 0) is 17.8 Å². The molecular formula is C21H24FN5O. The molecule has 3 heterocycles. The number of pyridine rings is 1. The smallest absolute Gasteiger partial charge is 0.224 e. The summed E-state index contributed by atoms with van der Waals surface area (Å²) in [6.07, 6.45) is 2.89. The summed E-state index contributed by atoms with van der Waals surface area (Å²) >= 11 is 0. The van der Waals surface area contributed by atoms with Crippen LogP contribution in [-0.4, -0.2) is 52.3 Å². The van der Waals surface area contributed by atoms with E-state index in [2.05, 4.69) is 28.3 Å². The zero-order valence-electron chi connectivity index (χ0n) is 15.9. The van der Waals surface area contributed by atoms with Crippen LogP contribution >= 0.6 is 0 Å². The number of hydrogen-bond donors (Lipinski definition) is 1. The first-order valence-electron chi connectivity index (χ1n) is 9.62. The normalized spacial score (nSPS) is 17.3. The largest absolute Gasteiger partial charge is 0.354 e. The zero-order valence-corrected chi connectivity index (χ0v) is 15.9. The predicted molar refractivity (Wildman–Crippen MR) is 105 cm³/mol. The van der Waals surface area contributed by atoms with Crippen LogP contribution in [0.2, 0.25) is 0 Å². The molecule has 0 bridgehead atoms. The Morgan fingerprint density at radius 1 is 1.29 bits per heavy atom. The molecule has 1 saturated heterocycles. The average Bonchev–Trinajstić information content (AvgIpc) is 3.28. The number of halogens is 1. The molecule has 0 radical (unpaired) electrons. The molecule has 1 amide bonds. The minimum Gasteiger partial charge on any atom is -0.354 e. The first-order valence-corrected chi connectivity index (χ1v) is 9.62. The SMILES string of the molecule is CN1CC[C@@H](c2nn(CCNC(=O)Cc3ccccc3F)c3ncccc23)C1. The van der Waals surface area contributed by atoms with Crippen LogP contribution in [0.3, 0.4) is 0 Å². The van der Waals surface area contributed by atoms with Gasteiger partial charge in [-0.1, -0.05) is 18.2 Å². The van der Waals surface area contributed by atoms with Gasteiger partial charge in [0.1, 0.15) is 5.82 Å². The lowest BCUT2D eigenvalue weighted by Crippen LogP contribution is -2.29. The summed E-state index contributed by atoms with van der Waals surface area (Å²) in [5.41, 5.74) is 2.33. The van der Waals surface area contributed by atoms with Gasteiger partial charge in [0.2, 0.25) is 5.91 Å². The second-order valence-corrected chi connectivity index (χ2v) is 7.35. The first-order chi connectivity index (χ1) is 13.6. The van der Waals surface area contributed by atoms with Crippen LogP contribution in [0.5, 0.6) is 0 Å². The van der Waals surface area contributed by atoms with Gasteiger partial charge < -0.3 is 10.2 Å².